The molecule has 7 heteroatoms. The predicted octanol–water partition coefficient (Wildman–Crippen LogP) is 2.49. The van der Waals surface area contributed by atoms with Gasteiger partial charge in [0.15, 0.2) is 5.78 Å². The van der Waals surface area contributed by atoms with Crippen LogP contribution in [-0.2, 0) is 0 Å². The van der Waals surface area contributed by atoms with Crippen LogP contribution in [0.1, 0.15) is 48.7 Å². The van der Waals surface area contributed by atoms with Crippen LogP contribution in [0.5, 0.6) is 0 Å². The van der Waals surface area contributed by atoms with Gasteiger partial charge in [0.2, 0.25) is 0 Å². The number of hydrogen-bond donors (Lipinski definition) is 1. The maximum atomic E-state index is 12.8. The number of Topliss-reactive ketones (excluding diaryl/α,β-unsaturated/α-hetero) is 1. The number of aromatic amines is 1. The number of H-pyrrole nitrogens is 1. The van der Waals surface area contributed by atoms with Gasteiger partial charge in [-0.05, 0) is 37.8 Å². The summed E-state index contributed by atoms with van der Waals surface area (Å²) in [5, 5.41) is 1.88. The highest BCUT2D eigenvalue weighted by Crippen LogP contribution is 2.21. The van der Waals surface area contributed by atoms with Crippen LogP contribution in [0, 0.1) is 13.8 Å². The molecular weight excluding hydrogens is 338 g/mol. The molecule has 1 saturated heterocycles. The van der Waals surface area contributed by atoms with Crippen LogP contribution in [0.25, 0.3) is 0 Å². The number of nitrogens with zero attached hydrogens (tertiary/aromatic N) is 2. The number of aryl methyl sites for hydroxylation is 1. The summed E-state index contributed by atoms with van der Waals surface area (Å²) in [7, 11) is 0. The Balaban J connectivity index is 1.69. The van der Waals surface area contributed by atoms with Gasteiger partial charge in [-0.3, -0.25) is 14.4 Å². The number of hydrogen-bond acceptors (Lipinski definition) is 4. The average molecular weight is 359 g/mol. The van der Waals surface area contributed by atoms with Crippen LogP contribution >= 0.6 is 11.3 Å². The Hall–Kier alpha value is -2.41. The predicted molar refractivity (Wildman–Crippen MR) is 96.4 cm³/mol. The van der Waals surface area contributed by atoms with Crippen LogP contribution in [0.3, 0.4) is 0 Å². The molecule has 1 fully saturated rings. The summed E-state index contributed by atoms with van der Waals surface area (Å²) in [5.41, 5.74) is 2.49. The van der Waals surface area contributed by atoms with E-state index in [0.717, 1.165) is 10.6 Å². The largest absolute Gasteiger partial charge is 0.354 e. The first-order chi connectivity index (χ1) is 11.9. The molecule has 0 saturated carbocycles. The molecule has 25 heavy (non-hydrogen) atoms. The third-order valence-corrected chi connectivity index (χ3v) is 5.45. The van der Waals surface area contributed by atoms with E-state index in [9.17, 15) is 14.4 Å². The number of amides is 2. The van der Waals surface area contributed by atoms with Gasteiger partial charge in [-0.25, -0.2) is 0 Å². The van der Waals surface area contributed by atoms with Crippen LogP contribution < -0.4 is 0 Å². The minimum Gasteiger partial charge on any atom is -0.354 e. The molecule has 3 rings (SSSR count). The van der Waals surface area contributed by atoms with Gasteiger partial charge in [-0.2, -0.15) is 0 Å². The lowest BCUT2D eigenvalue weighted by atomic mass is 10.1. The molecule has 0 bridgehead atoms. The van der Waals surface area contributed by atoms with Crippen molar-refractivity contribution in [3.05, 3.63) is 44.9 Å². The minimum absolute atomic E-state index is 0.0212. The number of ketones is 1. The quantitative estimate of drug-likeness (QED) is 0.856. The standard InChI is InChI=1S/C18H21N3O3S/c1-11-15(13(3)22)12(2)19-16(11)18(24)21-8-6-20(7-9-21)17(23)14-5-4-10-25-14/h4-5,10,19H,6-9H2,1-3H3. The molecule has 2 aromatic heterocycles. The van der Waals surface area contributed by atoms with Crippen LogP contribution in [0.2, 0.25) is 0 Å². The lowest BCUT2D eigenvalue weighted by Gasteiger charge is -2.34. The highest BCUT2D eigenvalue weighted by molar-refractivity contribution is 7.12. The molecule has 3 heterocycles. The van der Waals surface area contributed by atoms with Gasteiger partial charge >= 0.3 is 0 Å². The SMILES string of the molecule is CC(=O)c1c(C)[nH]c(C(=O)N2CCN(C(=O)c3cccs3)CC2)c1C. The highest BCUT2D eigenvalue weighted by Gasteiger charge is 2.28. The normalized spacial score (nSPS) is 14.7. The molecule has 1 aliphatic rings. The molecular formula is C18H21N3O3S. The number of nitrogens with one attached hydrogen (secondary N) is 1. The molecule has 0 unspecified atom stereocenters. The van der Waals surface area contributed by atoms with Gasteiger partial charge in [0.1, 0.15) is 5.69 Å². The van der Waals surface area contributed by atoms with E-state index in [4.69, 9.17) is 0 Å². The van der Waals surface area contributed by atoms with E-state index in [-0.39, 0.29) is 17.6 Å². The molecule has 0 atom stereocenters. The van der Waals surface area contributed by atoms with E-state index >= 15 is 0 Å². The lowest BCUT2D eigenvalue weighted by Crippen LogP contribution is -2.50. The van der Waals surface area contributed by atoms with Crippen molar-refractivity contribution in [1.29, 1.82) is 0 Å². The fourth-order valence-electron chi connectivity index (χ4n) is 3.32. The van der Waals surface area contributed by atoms with E-state index in [0.29, 0.717) is 43.0 Å². The summed E-state index contributed by atoms with van der Waals surface area (Å²) in [5.74, 6) is -0.138. The summed E-state index contributed by atoms with van der Waals surface area (Å²) in [4.78, 5) is 44.2. The Morgan fingerprint density at radius 1 is 1.04 bits per heavy atom. The number of carbonyl (C=O) groups is 3. The van der Waals surface area contributed by atoms with E-state index in [1.165, 1.54) is 18.3 Å². The fraction of sp³-hybridized carbons (Fsp3) is 0.389. The third-order valence-electron chi connectivity index (χ3n) is 4.59. The van der Waals surface area contributed by atoms with E-state index in [1.807, 2.05) is 17.5 Å². The van der Waals surface area contributed by atoms with Gasteiger partial charge < -0.3 is 14.8 Å². The van der Waals surface area contributed by atoms with E-state index in [1.54, 1.807) is 23.6 Å². The first-order valence-corrected chi connectivity index (χ1v) is 9.10. The number of aromatic nitrogens is 1. The summed E-state index contributed by atoms with van der Waals surface area (Å²) in [6, 6.07) is 3.68. The molecule has 0 aliphatic carbocycles. The number of piperazine rings is 1. The summed E-state index contributed by atoms with van der Waals surface area (Å²) < 4.78 is 0. The van der Waals surface area contributed by atoms with E-state index < -0.39 is 0 Å². The van der Waals surface area contributed by atoms with Gasteiger partial charge in [-0.1, -0.05) is 6.07 Å². The first-order valence-electron chi connectivity index (χ1n) is 8.22. The van der Waals surface area contributed by atoms with Gasteiger partial charge in [0.25, 0.3) is 11.8 Å². The molecule has 0 spiro atoms. The number of thiophene rings is 1. The Morgan fingerprint density at radius 2 is 1.64 bits per heavy atom. The van der Waals surface area contributed by atoms with Crippen molar-refractivity contribution < 1.29 is 14.4 Å². The second kappa shape index (κ2) is 6.84. The van der Waals surface area contributed by atoms with Crippen molar-refractivity contribution in [2.75, 3.05) is 26.2 Å². The second-order valence-corrected chi connectivity index (χ2v) is 7.19. The Labute approximate surface area is 150 Å². The topological polar surface area (TPSA) is 73.5 Å². The average Bonchev–Trinajstić information content (AvgIpc) is 3.22. The molecule has 2 aromatic rings. The van der Waals surface area contributed by atoms with Crippen LogP contribution in [0.4, 0.5) is 0 Å². The maximum absolute atomic E-state index is 12.8. The van der Waals surface area contributed by atoms with Crippen molar-refractivity contribution in [2.45, 2.75) is 20.8 Å². The Morgan fingerprint density at radius 3 is 2.12 bits per heavy atom. The van der Waals surface area contributed by atoms with Crippen molar-refractivity contribution in [3.63, 3.8) is 0 Å². The van der Waals surface area contributed by atoms with E-state index in [2.05, 4.69) is 4.98 Å². The van der Waals surface area contributed by atoms with Gasteiger partial charge in [0, 0.05) is 37.4 Å². The van der Waals surface area contributed by atoms with Crippen LogP contribution in [0.15, 0.2) is 17.5 Å². The van der Waals surface area contributed by atoms with Gasteiger partial charge in [-0.15, -0.1) is 11.3 Å². The molecule has 1 aliphatic heterocycles. The van der Waals surface area contributed by atoms with Crippen molar-refractivity contribution in [3.8, 4) is 0 Å². The smallest absolute Gasteiger partial charge is 0.270 e. The lowest BCUT2D eigenvalue weighted by molar-refractivity contribution is 0.0534. The zero-order chi connectivity index (χ0) is 18.1. The molecule has 0 radical (unpaired) electrons. The summed E-state index contributed by atoms with van der Waals surface area (Å²) in [6.07, 6.45) is 0. The molecule has 1 N–H and O–H groups in total. The van der Waals surface area contributed by atoms with Crippen molar-refractivity contribution >= 4 is 28.9 Å². The molecule has 2 amide bonds. The zero-order valence-electron chi connectivity index (χ0n) is 14.6. The maximum Gasteiger partial charge on any atom is 0.270 e. The fourth-order valence-corrected chi connectivity index (χ4v) is 4.01. The third kappa shape index (κ3) is 3.24. The monoisotopic (exact) mass is 359 g/mol. The number of carbonyl (C=O) groups excluding carboxylic acids is 3. The summed E-state index contributed by atoms with van der Waals surface area (Å²) in [6.45, 7) is 7.11. The highest BCUT2D eigenvalue weighted by atomic mass is 32.1. The van der Waals surface area contributed by atoms with Gasteiger partial charge in [0.05, 0.1) is 4.88 Å². The van der Waals surface area contributed by atoms with Crippen LogP contribution in [-0.4, -0.2) is 58.6 Å². The molecule has 6 nitrogen and oxygen atoms in total. The second-order valence-electron chi connectivity index (χ2n) is 6.24. The molecule has 132 valence electrons. The molecule has 0 aromatic carbocycles. The summed E-state index contributed by atoms with van der Waals surface area (Å²) >= 11 is 1.43. The van der Waals surface area contributed by atoms with Crippen molar-refractivity contribution in [2.24, 2.45) is 0 Å². The zero-order valence-corrected chi connectivity index (χ0v) is 15.4. The Bertz CT molecular complexity index is 815. The number of rotatable bonds is 3. The minimum atomic E-state index is -0.115. The first kappa shape index (κ1) is 17.4. The van der Waals surface area contributed by atoms with Crippen molar-refractivity contribution in [1.82, 2.24) is 14.8 Å². The Kier molecular flexibility index (Phi) is 4.76.